The Balaban J connectivity index is 1.48. The molecule has 0 aliphatic carbocycles. The lowest BCUT2D eigenvalue weighted by atomic mass is 9.75. The Kier molecular flexibility index (Phi) is 3.16. The van der Waals surface area contributed by atoms with Crippen molar-refractivity contribution in [3.63, 3.8) is 0 Å². The van der Waals surface area contributed by atoms with E-state index in [-0.39, 0.29) is 5.60 Å². The smallest absolute Gasteiger partial charge is 0.189 e. The Hall–Kier alpha value is -0.920. The summed E-state index contributed by atoms with van der Waals surface area (Å²) in [7, 11) is 0. The van der Waals surface area contributed by atoms with Gasteiger partial charge in [0, 0.05) is 11.6 Å². The van der Waals surface area contributed by atoms with Crippen LogP contribution in [-0.4, -0.2) is 48.0 Å². The quantitative estimate of drug-likeness (QED) is 0.856. The van der Waals surface area contributed by atoms with E-state index in [4.69, 9.17) is 27.1 Å². The fourth-order valence-electron chi connectivity index (χ4n) is 4.34. The SMILES string of the molecule is NC1OC2(CN3CCC2CC3)CN1c1nc2ccc(Cl)cc2s1. The van der Waals surface area contributed by atoms with Crippen LogP contribution in [0.4, 0.5) is 5.13 Å². The van der Waals surface area contributed by atoms with Crippen molar-refractivity contribution < 1.29 is 4.74 Å². The number of thiazole rings is 1. The van der Waals surface area contributed by atoms with Gasteiger partial charge in [-0.15, -0.1) is 0 Å². The van der Waals surface area contributed by atoms with Crippen molar-refractivity contribution >= 4 is 38.3 Å². The van der Waals surface area contributed by atoms with Gasteiger partial charge in [0.15, 0.2) is 11.5 Å². The standard InChI is InChI=1S/C16H19ClN4OS/c17-11-1-2-12-13(7-11)23-15(19-12)21-9-16(22-14(21)18)8-20-5-3-10(16)4-6-20/h1-2,7,10,14H,3-6,8-9,18H2. The highest BCUT2D eigenvalue weighted by Gasteiger charge is 2.54. The van der Waals surface area contributed by atoms with Crippen LogP contribution >= 0.6 is 22.9 Å². The van der Waals surface area contributed by atoms with Gasteiger partial charge >= 0.3 is 0 Å². The molecule has 4 aliphatic heterocycles. The normalized spacial score (nSPS) is 36.4. The van der Waals surface area contributed by atoms with E-state index in [1.54, 1.807) is 11.3 Å². The zero-order valence-electron chi connectivity index (χ0n) is 12.7. The van der Waals surface area contributed by atoms with Gasteiger partial charge in [0.1, 0.15) is 5.60 Å². The third kappa shape index (κ3) is 2.20. The van der Waals surface area contributed by atoms with Gasteiger partial charge in [-0.05, 0) is 50.0 Å². The molecular weight excluding hydrogens is 332 g/mol. The van der Waals surface area contributed by atoms with Crippen LogP contribution in [0, 0.1) is 5.92 Å². The number of piperidine rings is 3. The van der Waals surface area contributed by atoms with Gasteiger partial charge in [0.25, 0.3) is 0 Å². The Bertz CT molecular complexity index is 760. The minimum Gasteiger partial charge on any atom is -0.335 e. The van der Waals surface area contributed by atoms with Crippen molar-refractivity contribution in [1.29, 1.82) is 0 Å². The number of hydrogen-bond acceptors (Lipinski definition) is 6. The molecule has 4 fully saturated rings. The van der Waals surface area contributed by atoms with Gasteiger partial charge in [0.2, 0.25) is 0 Å². The second kappa shape index (κ2) is 5.04. The van der Waals surface area contributed by atoms with Gasteiger partial charge in [0.05, 0.1) is 16.8 Å². The first-order valence-corrected chi connectivity index (χ1v) is 9.31. The predicted molar refractivity (Wildman–Crippen MR) is 92.9 cm³/mol. The highest BCUT2D eigenvalue weighted by molar-refractivity contribution is 7.22. The summed E-state index contributed by atoms with van der Waals surface area (Å²) >= 11 is 7.72. The Labute approximate surface area is 144 Å². The zero-order chi connectivity index (χ0) is 15.6. The van der Waals surface area contributed by atoms with E-state index in [2.05, 4.69) is 9.80 Å². The van der Waals surface area contributed by atoms with E-state index in [1.807, 2.05) is 18.2 Å². The number of nitrogens with two attached hydrogens (primary N) is 1. The number of ether oxygens (including phenoxy) is 1. The van der Waals surface area contributed by atoms with Crippen molar-refractivity contribution in [2.24, 2.45) is 11.7 Å². The molecule has 0 amide bonds. The first kappa shape index (κ1) is 14.4. The summed E-state index contributed by atoms with van der Waals surface area (Å²) in [5.41, 5.74) is 7.18. The molecule has 1 aromatic carbocycles. The molecule has 2 aromatic rings. The summed E-state index contributed by atoms with van der Waals surface area (Å²) in [5.74, 6) is 0.618. The third-order valence-corrected chi connectivity index (χ3v) is 6.80. The molecule has 5 nitrogen and oxygen atoms in total. The average molecular weight is 351 g/mol. The van der Waals surface area contributed by atoms with Gasteiger partial charge in [-0.25, -0.2) is 4.98 Å². The van der Waals surface area contributed by atoms with Gasteiger partial charge < -0.3 is 14.5 Å². The van der Waals surface area contributed by atoms with Crippen molar-refractivity contribution in [1.82, 2.24) is 9.88 Å². The van der Waals surface area contributed by atoms with E-state index in [0.29, 0.717) is 5.92 Å². The molecule has 2 atom stereocenters. The fourth-order valence-corrected chi connectivity index (χ4v) is 5.61. The molecule has 0 radical (unpaired) electrons. The average Bonchev–Trinajstić information content (AvgIpc) is 3.09. The third-order valence-electron chi connectivity index (χ3n) is 5.51. The summed E-state index contributed by atoms with van der Waals surface area (Å²) in [6.07, 6.45) is 2.03. The van der Waals surface area contributed by atoms with E-state index >= 15 is 0 Å². The molecule has 2 N–H and O–H groups in total. The highest BCUT2D eigenvalue weighted by atomic mass is 35.5. The highest BCUT2D eigenvalue weighted by Crippen LogP contribution is 2.44. The lowest BCUT2D eigenvalue weighted by molar-refractivity contribution is -0.137. The summed E-state index contributed by atoms with van der Waals surface area (Å²) < 4.78 is 7.41. The second-order valence-corrected chi connectivity index (χ2v) is 8.31. The number of anilines is 1. The number of halogens is 1. The van der Waals surface area contributed by atoms with E-state index in [1.165, 1.54) is 25.9 Å². The monoisotopic (exact) mass is 350 g/mol. The number of aromatic nitrogens is 1. The number of hydrogen-bond donors (Lipinski definition) is 1. The van der Waals surface area contributed by atoms with Gasteiger partial charge in [-0.3, -0.25) is 5.73 Å². The number of benzene rings is 1. The molecule has 5 heterocycles. The van der Waals surface area contributed by atoms with Crippen LogP contribution in [-0.2, 0) is 4.74 Å². The molecular formula is C16H19ClN4OS. The van der Waals surface area contributed by atoms with Crippen molar-refractivity contribution in [3.8, 4) is 0 Å². The molecule has 2 bridgehead atoms. The van der Waals surface area contributed by atoms with E-state index in [0.717, 1.165) is 33.5 Å². The molecule has 122 valence electrons. The number of nitrogens with zero attached hydrogens (tertiary/aromatic N) is 3. The van der Waals surface area contributed by atoms with Crippen LogP contribution in [0.1, 0.15) is 12.8 Å². The summed E-state index contributed by atoms with van der Waals surface area (Å²) in [4.78, 5) is 9.37. The molecule has 23 heavy (non-hydrogen) atoms. The minimum absolute atomic E-state index is 0.120. The molecule has 2 unspecified atom stereocenters. The van der Waals surface area contributed by atoms with Crippen LogP contribution in [0.25, 0.3) is 10.2 Å². The molecule has 0 saturated carbocycles. The summed E-state index contributed by atoms with van der Waals surface area (Å²) in [5, 5.41) is 1.67. The van der Waals surface area contributed by atoms with Crippen LogP contribution in [0.15, 0.2) is 18.2 Å². The predicted octanol–water partition coefficient (Wildman–Crippen LogP) is 2.49. The van der Waals surface area contributed by atoms with Gasteiger partial charge in [-0.2, -0.15) is 0 Å². The Morgan fingerprint density at radius 3 is 2.87 bits per heavy atom. The van der Waals surface area contributed by atoms with Gasteiger partial charge in [-0.1, -0.05) is 22.9 Å². The number of rotatable bonds is 1. The first-order chi connectivity index (χ1) is 11.1. The fraction of sp³-hybridized carbons (Fsp3) is 0.562. The largest absolute Gasteiger partial charge is 0.335 e. The maximum absolute atomic E-state index is 6.33. The number of fused-ring (bicyclic) bond motifs is 3. The van der Waals surface area contributed by atoms with Crippen molar-refractivity contribution in [2.45, 2.75) is 24.8 Å². The minimum atomic E-state index is -0.411. The van der Waals surface area contributed by atoms with Crippen LogP contribution in [0.3, 0.4) is 0 Å². The Morgan fingerprint density at radius 1 is 1.30 bits per heavy atom. The molecule has 4 aliphatic rings. The lowest BCUT2D eigenvalue weighted by Gasteiger charge is -2.50. The van der Waals surface area contributed by atoms with E-state index < -0.39 is 6.35 Å². The topological polar surface area (TPSA) is 54.6 Å². The van der Waals surface area contributed by atoms with Crippen LogP contribution in [0.5, 0.6) is 0 Å². The van der Waals surface area contributed by atoms with Crippen LogP contribution in [0.2, 0.25) is 5.02 Å². The second-order valence-electron chi connectivity index (χ2n) is 6.86. The molecule has 7 heteroatoms. The first-order valence-electron chi connectivity index (χ1n) is 8.11. The van der Waals surface area contributed by atoms with E-state index in [9.17, 15) is 0 Å². The molecule has 6 rings (SSSR count). The lowest BCUT2D eigenvalue weighted by Crippen LogP contribution is -2.61. The summed E-state index contributed by atoms with van der Waals surface area (Å²) in [6.45, 7) is 4.23. The maximum Gasteiger partial charge on any atom is 0.189 e. The molecule has 1 spiro atoms. The van der Waals surface area contributed by atoms with Crippen molar-refractivity contribution in [2.75, 3.05) is 31.1 Å². The zero-order valence-corrected chi connectivity index (χ0v) is 14.3. The van der Waals surface area contributed by atoms with Crippen molar-refractivity contribution in [3.05, 3.63) is 23.2 Å². The molecule has 1 aromatic heterocycles. The molecule has 4 saturated heterocycles. The summed E-state index contributed by atoms with van der Waals surface area (Å²) in [6, 6.07) is 5.80. The maximum atomic E-state index is 6.33. The Morgan fingerprint density at radius 2 is 2.13 bits per heavy atom. The van der Waals surface area contributed by atoms with Crippen LogP contribution < -0.4 is 10.6 Å².